The number of hydrogen-bond donors (Lipinski definition) is 5. The number of rotatable bonds is 39. The Labute approximate surface area is 304 Å². The Morgan fingerprint density at radius 1 is 0.490 bits per heavy atom. The first kappa shape index (κ1) is 48.0. The number of nitrogens with one attached hydrogen (secondary N) is 1. The van der Waals surface area contributed by atoms with Crippen LogP contribution in [0.25, 0.3) is 0 Å². The summed E-state index contributed by atoms with van der Waals surface area (Å²) in [5.41, 5.74) is 0. The van der Waals surface area contributed by atoms with Gasteiger partial charge in [0.05, 0.1) is 18.8 Å². The monoisotopic (exact) mass is 696 g/mol. The Morgan fingerprint density at radius 2 is 0.816 bits per heavy atom. The summed E-state index contributed by atoms with van der Waals surface area (Å²) in [4.78, 5) is 12.4. The van der Waals surface area contributed by atoms with Gasteiger partial charge in [0.25, 0.3) is 0 Å². The molecule has 49 heavy (non-hydrogen) atoms. The Hall–Kier alpha value is -0.950. The fourth-order valence-electron chi connectivity index (χ4n) is 6.75. The van der Waals surface area contributed by atoms with Crippen LogP contribution in [0.15, 0.2) is 12.2 Å². The SMILES string of the molecule is CCCCC/C=C\CCCCCCC(O)C(=O)NC(CO)C(O)C(O)CCCCCCCCCCCCCCCCCCCCCCCC. The Bertz CT molecular complexity index is 702. The standard InChI is InChI=1S/C43H85NO5/c1-3-5-7-9-11-13-15-16-17-18-19-20-21-22-23-24-25-27-28-30-32-34-36-40(46)42(48)39(38-45)44-43(49)41(47)37-35-33-31-29-26-14-12-10-8-6-4-2/h12,14,39-42,45-48H,3-11,13,15-38H2,1-2H3,(H,44,49)/b14-12-. The van der Waals surface area contributed by atoms with Crippen molar-refractivity contribution in [2.75, 3.05) is 6.61 Å². The highest BCUT2D eigenvalue weighted by Gasteiger charge is 2.28. The zero-order chi connectivity index (χ0) is 36.0. The van der Waals surface area contributed by atoms with Gasteiger partial charge in [-0.3, -0.25) is 4.79 Å². The van der Waals surface area contributed by atoms with E-state index >= 15 is 0 Å². The molecule has 0 radical (unpaired) electrons. The summed E-state index contributed by atoms with van der Waals surface area (Å²) in [6, 6.07) is -0.985. The van der Waals surface area contributed by atoms with E-state index in [1.165, 1.54) is 141 Å². The van der Waals surface area contributed by atoms with Crippen molar-refractivity contribution in [1.29, 1.82) is 0 Å². The second-order valence-electron chi connectivity index (χ2n) is 15.0. The highest BCUT2D eigenvalue weighted by Crippen LogP contribution is 2.17. The lowest BCUT2D eigenvalue weighted by Crippen LogP contribution is -2.53. The van der Waals surface area contributed by atoms with Gasteiger partial charge < -0.3 is 25.7 Å². The number of hydrogen-bond acceptors (Lipinski definition) is 5. The molecule has 0 rings (SSSR count). The minimum Gasteiger partial charge on any atom is -0.394 e. The predicted molar refractivity (Wildman–Crippen MR) is 210 cm³/mol. The summed E-state index contributed by atoms with van der Waals surface area (Å²) in [6.07, 6.45) is 41.1. The van der Waals surface area contributed by atoms with Crippen LogP contribution in [0.5, 0.6) is 0 Å². The van der Waals surface area contributed by atoms with Crippen LogP contribution < -0.4 is 5.32 Å². The summed E-state index contributed by atoms with van der Waals surface area (Å²) >= 11 is 0. The second-order valence-corrected chi connectivity index (χ2v) is 15.0. The number of unbranched alkanes of at least 4 members (excludes halogenated alkanes) is 28. The maximum absolute atomic E-state index is 12.4. The molecule has 0 aromatic rings. The highest BCUT2D eigenvalue weighted by molar-refractivity contribution is 5.80. The third kappa shape index (κ3) is 32.7. The summed E-state index contributed by atoms with van der Waals surface area (Å²) in [6.45, 7) is 4.02. The van der Waals surface area contributed by atoms with Gasteiger partial charge >= 0.3 is 0 Å². The summed E-state index contributed by atoms with van der Waals surface area (Å²) < 4.78 is 0. The maximum atomic E-state index is 12.4. The van der Waals surface area contributed by atoms with Crippen LogP contribution in [0.3, 0.4) is 0 Å². The average molecular weight is 696 g/mol. The number of aliphatic hydroxyl groups excluding tert-OH is 4. The van der Waals surface area contributed by atoms with Crippen molar-refractivity contribution in [3.63, 3.8) is 0 Å². The minimum atomic E-state index is -1.26. The van der Waals surface area contributed by atoms with E-state index in [1.54, 1.807) is 0 Å². The summed E-state index contributed by atoms with van der Waals surface area (Å²) in [7, 11) is 0. The summed E-state index contributed by atoms with van der Waals surface area (Å²) in [5.74, 6) is -0.593. The first-order valence-corrected chi connectivity index (χ1v) is 21.6. The number of carbonyl (C=O) groups is 1. The van der Waals surface area contributed by atoms with Gasteiger partial charge in [0.2, 0.25) is 5.91 Å². The topological polar surface area (TPSA) is 110 Å². The van der Waals surface area contributed by atoms with E-state index in [0.717, 1.165) is 57.8 Å². The van der Waals surface area contributed by atoms with Crippen LogP contribution in [-0.4, -0.2) is 57.3 Å². The largest absolute Gasteiger partial charge is 0.394 e. The van der Waals surface area contributed by atoms with E-state index in [0.29, 0.717) is 12.8 Å². The van der Waals surface area contributed by atoms with Crippen LogP contribution in [0.1, 0.15) is 226 Å². The summed E-state index contributed by atoms with van der Waals surface area (Å²) in [5, 5.41) is 43.6. The lowest BCUT2D eigenvalue weighted by atomic mass is 9.99. The molecule has 5 N–H and O–H groups in total. The van der Waals surface area contributed by atoms with Gasteiger partial charge in [-0.05, 0) is 38.5 Å². The molecule has 0 aromatic carbocycles. The van der Waals surface area contributed by atoms with Crippen molar-refractivity contribution in [2.45, 2.75) is 250 Å². The smallest absolute Gasteiger partial charge is 0.249 e. The molecule has 1 amide bonds. The zero-order valence-electron chi connectivity index (χ0n) is 32.7. The predicted octanol–water partition coefficient (Wildman–Crippen LogP) is 11.0. The number of allylic oxidation sites excluding steroid dienone is 2. The van der Waals surface area contributed by atoms with Gasteiger partial charge in [-0.15, -0.1) is 0 Å². The molecule has 0 aromatic heterocycles. The van der Waals surface area contributed by atoms with Gasteiger partial charge in [-0.2, -0.15) is 0 Å². The normalized spacial score (nSPS) is 14.3. The van der Waals surface area contributed by atoms with Gasteiger partial charge in [0.1, 0.15) is 12.2 Å². The van der Waals surface area contributed by atoms with Crippen LogP contribution in [0.4, 0.5) is 0 Å². The molecular weight excluding hydrogens is 610 g/mol. The third-order valence-electron chi connectivity index (χ3n) is 10.2. The molecule has 4 unspecified atom stereocenters. The molecule has 0 fully saturated rings. The van der Waals surface area contributed by atoms with Crippen molar-refractivity contribution in [1.82, 2.24) is 5.32 Å². The number of aliphatic hydroxyl groups is 4. The zero-order valence-corrected chi connectivity index (χ0v) is 32.7. The third-order valence-corrected chi connectivity index (χ3v) is 10.2. The first-order chi connectivity index (χ1) is 24.0. The van der Waals surface area contributed by atoms with E-state index < -0.39 is 36.9 Å². The fourth-order valence-corrected chi connectivity index (χ4v) is 6.75. The van der Waals surface area contributed by atoms with Crippen molar-refractivity contribution in [3.8, 4) is 0 Å². The molecular formula is C43H85NO5. The van der Waals surface area contributed by atoms with E-state index in [2.05, 4.69) is 31.3 Å². The van der Waals surface area contributed by atoms with Crippen LogP contribution in [-0.2, 0) is 4.79 Å². The highest BCUT2D eigenvalue weighted by atomic mass is 16.3. The van der Waals surface area contributed by atoms with Crippen LogP contribution in [0.2, 0.25) is 0 Å². The minimum absolute atomic E-state index is 0.356. The molecule has 0 spiro atoms. The fraction of sp³-hybridized carbons (Fsp3) is 0.930. The van der Waals surface area contributed by atoms with E-state index in [9.17, 15) is 25.2 Å². The van der Waals surface area contributed by atoms with Crippen molar-refractivity contribution < 1.29 is 25.2 Å². The molecule has 0 heterocycles. The Morgan fingerprint density at radius 3 is 1.22 bits per heavy atom. The first-order valence-electron chi connectivity index (χ1n) is 21.6. The molecule has 0 saturated heterocycles. The van der Waals surface area contributed by atoms with Crippen LogP contribution in [0, 0.1) is 0 Å². The van der Waals surface area contributed by atoms with Gasteiger partial charge in [-0.25, -0.2) is 0 Å². The van der Waals surface area contributed by atoms with Crippen LogP contribution >= 0.6 is 0 Å². The molecule has 4 atom stereocenters. The quantitative estimate of drug-likeness (QED) is 0.0325. The number of amides is 1. The number of carbonyl (C=O) groups excluding carboxylic acids is 1. The Balaban J connectivity index is 3.68. The van der Waals surface area contributed by atoms with Crippen molar-refractivity contribution >= 4 is 5.91 Å². The van der Waals surface area contributed by atoms with Crippen molar-refractivity contribution in [3.05, 3.63) is 12.2 Å². The molecule has 0 bridgehead atoms. The van der Waals surface area contributed by atoms with E-state index in [4.69, 9.17) is 0 Å². The van der Waals surface area contributed by atoms with E-state index in [1.807, 2.05) is 0 Å². The molecule has 0 aliphatic carbocycles. The van der Waals surface area contributed by atoms with Gasteiger partial charge in [-0.1, -0.05) is 199 Å². The lowest BCUT2D eigenvalue weighted by molar-refractivity contribution is -0.132. The molecule has 292 valence electrons. The molecule has 0 aliphatic rings. The molecule has 6 nitrogen and oxygen atoms in total. The van der Waals surface area contributed by atoms with Gasteiger partial charge in [0, 0.05) is 0 Å². The lowest BCUT2D eigenvalue weighted by Gasteiger charge is -2.27. The second kappa shape index (κ2) is 38.3. The van der Waals surface area contributed by atoms with Crippen molar-refractivity contribution in [2.24, 2.45) is 0 Å². The Kier molecular flexibility index (Phi) is 37.5. The van der Waals surface area contributed by atoms with E-state index in [-0.39, 0.29) is 0 Å². The molecule has 0 saturated carbocycles. The maximum Gasteiger partial charge on any atom is 0.249 e. The average Bonchev–Trinajstić information content (AvgIpc) is 3.11. The van der Waals surface area contributed by atoms with Gasteiger partial charge in [0.15, 0.2) is 0 Å². The molecule has 6 heteroatoms. The molecule has 0 aliphatic heterocycles.